The minimum Gasteiger partial charge on any atom is -0.389 e. The zero-order chi connectivity index (χ0) is 51.1. The molecule has 0 bridgehead atoms. The lowest BCUT2D eigenvalue weighted by molar-refractivity contribution is -0.119. The minimum atomic E-state index is -1.05. The van der Waals surface area contributed by atoms with Crippen LogP contribution in [0.3, 0.4) is 0 Å². The van der Waals surface area contributed by atoms with Gasteiger partial charge in [-0.25, -0.2) is 9.59 Å². The van der Waals surface area contributed by atoms with Gasteiger partial charge >= 0.3 is 12.1 Å². The number of hydrogen-bond acceptors (Lipinski definition) is 8. The van der Waals surface area contributed by atoms with Crippen LogP contribution >= 0.6 is 0 Å². The molecule has 5 fully saturated rings. The molecule has 1 aromatic carbocycles. The van der Waals surface area contributed by atoms with Crippen LogP contribution in [0.25, 0.3) is 0 Å². The molecule has 7 N–H and O–H groups in total. The maximum Gasteiger partial charge on any atom is 0.317 e. The summed E-state index contributed by atoms with van der Waals surface area (Å²) in [4.78, 5) is 42.1. The molecule has 3 aliphatic carbocycles. The van der Waals surface area contributed by atoms with Gasteiger partial charge in [-0.05, 0) is 135 Å². The number of hydrogen-bond donors (Lipinski definition) is 7. The van der Waals surface area contributed by atoms with E-state index >= 15 is 0 Å². The van der Waals surface area contributed by atoms with Gasteiger partial charge in [-0.2, -0.15) is 0 Å². The molecule has 2 aliphatic heterocycles. The second-order valence-corrected chi connectivity index (χ2v) is 23.1. The normalized spacial score (nSPS) is 23.3. The first-order valence-electron chi connectivity index (χ1n) is 28.9. The Kier molecular flexibility index (Phi) is 25.8. The number of aryl methyl sites for hydroxylation is 2. The monoisotopic (exact) mass is 994 g/mol. The number of urea groups is 2. The molecule has 406 valence electrons. The van der Waals surface area contributed by atoms with E-state index in [-0.39, 0.29) is 41.9 Å². The number of nitrogens with zero attached hydrogens (tertiary/aromatic N) is 2. The molecule has 2 saturated heterocycles. The molecule has 0 aromatic heterocycles. The van der Waals surface area contributed by atoms with Gasteiger partial charge in [0.05, 0.1) is 11.2 Å². The average Bonchev–Trinajstić information content (AvgIpc) is 3.37. The molecule has 1 aromatic rings. The Hall–Kier alpha value is -2.97. The molecular weight excluding hydrogens is 891 g/mol. The van der Waals surface area contributed by atoms with Gasteiger partial charge in [0.1, 0.15) is 0 Å². The smallest absolute Gasteiger partial charge is 0.317 e. The van der Waals surface area contributed by atoms with Gasteiger partial charge in [0, 0.05) is 90.4 Å². The van der Waals surface area contributed by atoms with Gasteiger partial charge in [-0.15, -0.1) is 0 Å². The number of nitrogens with one attached hydrogen (secondary N) is 5. The van der Waals surface area contributed by atoms with Crippen LogP contribution in [-0.4, -0.2) is 129 Å². The van der Waals surface area contributed by atoms with Crippen molar-refractivity contribution in [2.75, 3.05) is 73.6 Å². The van der Waals surface area contributed by atoms with Crippen molar-refractivity contribution in [3.63, 3.8) is 0 Å². The topological polar surface area (TPSA) is 168 Å². The zero-order valence-electron chi connectivity index (χ0n) is 45.7. The fourth-order valence-corrected chi connectivity index (χ4v) is 13.6. The van der Waals surface area contributed by atoms with Crippen molar-refractivity contribution in [2.45, 2.75) is 211 Å². The second-order valence-electron chi connectivity index (χ2n) is 23.1. The number of benzene rings is 1. The van der Waals surface area contributed by atoms with E-state index < -0.39 is 11.2 Å². The molecule has 71 heavy (non-hydrogen) atoms. The molecule has 2 heterocycles. The summed E-state index contributed by atoms with van der Waals surface area (Å²) < 4.78 is 5.26. The van der Waals surface area contributed by atoms with Crippen molar-refractivity contribution in [3.05, 3.63) is 34.9 Å². The predicted molar refractivity (Wildman–Crippen MR) is 288 cm³/mol. The highest BCUT2D eigenvalue weighted by atomic mass is 16.5. The quantitative estimate of drug-likeness (QED) is 0.0533. The van der Waals surface area contributed by atoms with E-state index in [4.69, 9.17) is 4.74 Å². The minimum absolute atomic E-state index is 0.0122. The summed E-state index contributed by atoms with van der Waals surface area (Å²) in [7, 11) is 5.67. The highest BCUT2D eigenvalue weighted by Gasteiger charge is 2.46. The van der Waals surface area contributed by atoms with E-state index in [1.165, 1.54) is 90.4 Å². The van der Waals surface area contributed by atoms with Crippen LogP contribution in [0, 0.1) is 43.4 Å². The number of carbonyl (C=O) groups is 3. The Morgan fingerprint density at radius 3 is 1.61 bits per heavy atom. The van der Waals surface area contributed by atoms with E-state index in [0.717, 1.165) is 119 Å². The number of aliphatic hydroxyl groups is 2. The maximum absolute atomic E-state index is 13.4. The second kappa shape index (κ2) is 31.0. The van der Waals surface area contributed by atoms with Gasteiger partial charge in [0.2, 0.25) is 5.91 Å². The average molecular weight is 995 g/mol. The number of amides is 5. The summed E-state index contributed by atoms with van der Waals surface area (Å²) in [6.45, 7) is 11.3. The molecule has 6 rings (SSSR count). The van der Waals surface area contributed by atoms with Crippen LogP contribution in [0.4, 0.5) is 9.59 Å². The molecular formula is C58H103N7O6. The Balaban J connectivity index is 0.000000265. The van der Waals surface area contributed by atoms with Crippen LogP contribution in [0.2, 0.25) is 0 Å². The Labute approximate surface area is 431 Å². The Morgan fingerprint density at radius 2 is 1.11 bits per heavy atom. The lowest BCUT2D eigenvalue weighted by Crippen LogP contribution is -2.56. The third kappa shape index (κ3) is 19.0. The molecule has 5 amide bonds. The van der Waals surface area contributed by atoms with E-state index in [9.17, 15) is 24.6 Å². The zero-order valence-corrected chi connectivity index (χ0v) is 45.7. The van der Waals surface area contributed by atoms with Crippen molar-refractivity contribution in [1.29, 1.82) is 0 Å². The maximum atomic E-state index is 13.4. The van der Waals surface area contributed by atoms with Gasteiger partial charge in [0.15, 0.2) is 0 Å². The molecule has 0 unspecified atom stereocenters. The van der Waals surface area contributed by atoms with Crippen LogP contribution in [0.5, 0.6) is 0 Å². The highest BCUT2D eigenvalue weighted by molar-refractivity contribution is 5.75. The summed E-state index contributed by atoms with van der Waals surface area (Å²) in [6, 6.07) is 6.66. The van der Waals surface area contributed by atoms with Crippen molar-refractivity contribution < 1.29 is 29.3 Å². The molecule has 5 aliphatic rings. The van der Waals surface area contributed by atoms with E-state index in [1.807, 2.05) is 23.9 Å². The first kappa shape index (κ1) is 58.9. The van der Waals surface area contributed by atoms with Gasteiger partial charge in [0.25, 0.3) is 0 Å². The van der Waals surface area contributed by atoms with E-state index in [0.29, 0.717) is 50.9 Å². The number of unbranched alkanes of at least 4 members (excludes halogenated alkanes) is 1. The molecule has 3 saturated carbocycles. The number of likely N-dealkylation sites (N-methyl/N-ethyl adjacent to an activating group) is 2. The number of carbonyl (C=O) groups excluding carboxylic acids is 3. The van der Waals surface area contributed by atoms with Crippen LogP contribution < -0.4 is 26.6 Å². The fourth-order valence-electron chi connectivity index (χ4n) is 13.6. The number of piperidine rings is 2. The lowest BCUT2D eigenvalue weighted by atomic mass is 9.66. The fraction of sp³-hybridized carbons (Fsp3) is 0.845. The Morgan fingerprint density at radius 1 is 0.634 bits per heavy atom. The first-order chi connectivity index (χ1) is 34.3. The number of ether oxygens (including phenoxy) is 1. The predicted octanol–water partition coefficient (Wildman–Crippen LogP) is 9.48. The van der Waals surface area contributed by atoms with Crippen molar-refractivity contribution in [3.8, 4) is 0 Å². The third-order valence-electron chi connectivity index (χ3n) is 17.4. The third-order valence-corrected chi connectivity index (χ3v) is 17.4. The van der Waals surface area contributed by atoms with E-state index in [1.54, 1.807) is 7.11 Å². The first-order valence-corrected chi connectivity index (χ1v) is 28.9. The molecule has 0 spiro atoms. The summed E-state index contributed by atoms with van der Waals surface area (Å²) in [6.07, 6.45) is 29.1. The molecule has 6 atom stereocenters. The summed E-state index contributed by atoms with van der Waals surface area (Å²) in [5.41, 5.74) is 1.46. The number of rotatable bonds is 23. The van der Waals surface area contributed by atoms with Crippen LogP contribution in [-0.2, 0) is 15.1 Å². The summed E-state index contributed by atoms with van der Waals surface area (Å²) >= 11 is 0. The Bertz CT molecular complexity index is 1680. The van der Waals surface area contributed by atoms with Crippen molar-refractivity contribution in [2.24, 2.45) is 29.6 Å². The van der Waals surface area contributed by atoms with Crippen molar-refractivity contribution in [1.82, 2.24) is 36.4 Å². The van der Waals surface area contributed by atoms with Gasteiger partial charge in [-0.3, -0.25) is 4.79 Å². The lowest BCUT2D eigenvalue weighted by Gasteiger charge is -2.48. The molecule has 0 radical (unpaired) electrons. The van der Waals surface area contributed by atoms with Crippen molar-refractivity contribution >= 4 is 18.0 Å². The number of methoxy groups -OCH3 is 1. The van der Waals surface area contributed by atoms with Crippen LogP contribution in [0.1, 0.15) is 191 Å². The van der Waals surface area contributed by atoms with Gasteiger partial charge < -0.3 is 51.3 Å². The van der Waals surface area contributed by atoms with E-state index in [2.05, 4.69) is 58.6 Å². The summed E-state index contributed by atoms with van der Waals surface area (Å²) in [5.74, 6) is 1.87. The largest absolute Gasteiger partial charge is 0.389 e. The summed E-state index contributed by atoms with van der Waals surface area (Å²) in [5, 5.41) is 40.5. The molecule has 13 heteroatoms. The standard InChI is InChI=1S/C30H50N4O3.C28H53N3O3/c1-22-16-23(2)18-27(17-22)30(37,13-9-14-32-24(3)35)26-12-8-15-34(21-26)29(36)33-28(20-31-4)19-25-10-6-5-7-11-25;1-29-21-26(20-23-12-5-3-6-13-23)30-27(32)31-18-11-16-25(22-31)28(33,17-9-10-19-34-2)24-14-7-4-8-15-24/h16-18,25-26,28,31,37H,5-15,19-21H2,1-4H3,(H,32,35)(H,33,36);23-26,29,33H,3-22H2,1-2H3,(H,30,32)/t26-,28+,30+;25-,26+,28-/m11/s1. The van der Waals surface area contributed by atoms with Crippen LogP contribution in [0.15, 0.2) is 18.2 Å². The SMILES string of the molecule is CNC[C@H](CC1CCCCC1)NC(=O)N1CCC[C@@H]([C@@](O)(CCCCOC)C2CCCCC2)C1.CNC[C@H](CC1CCCCC1)NC(=O)N1CCC[C@@H]([C@@](O)(CCCNC(C)=O)c2cc(C)cc(C)c2)C1. The number of likely N-dealkylation sites (tertiary alicyclic amines) is 2. The highest BCUT2D eigenvalue weighted by Crippen LogP contribution is 2.44. The van der Waals surface area contributed by atoms with Gasteiger partial charge in [-0.1, -0.05) is 113 Å². The molecule has 13 nitrogen and oxygen atoms in total.